The van der Waals surface area contributed by atoms with Gasteiger partial charge in [-0.25, -0.2) is 0 Å². The van der Waals surface area contributed by atoms with Crippen LogP contribution in [0.3, 0.4) is 0 Å². The molecule has 21 heavy (non-hydrogen) atoms. The molecule has 3 aliphatic heterocycles. The van der Waals surface area contributed by atoms with E-state index in [0.717, 1.165) is 58.3 Å². The molecule has 0 aliphatic carbocycles. The Morgan fingerprint density at radius 2 is 1.90 bits per heavy atom. The highest BCUT2D eigenvalue weighted by atomic mass is 16.3. The van der Waals surface area contributed by atoms with Crippen LogP contribution in [0, 0.1) is 5.92 Å². The third-order valence-electron chi connectivity index (χ3n) is 5.59. The molecule has 3 unspecified atom stereocenters. The zero-order chi connectivity index (χ0) is 14.8. The fourth-order valence-corrected chi connectivity index (χ4v) is 4.09. The summed E-state index contributed by atoms with van der Waals surface area (Å²) in [6.45, 7) is 6.62. The fraction of sp³-hybridized carbons (Fsp3) is 0.938. The number of rotatable bonds is 2. The monoisotopic (exact) mass is 295 g/mol. The highest BCUT2D eigenvalue weighted by molar-refractivity contribution is 5.82. The van der Waals surface area contributed by atoms with Gasteiger partial charge in [0.25, 0.3) is 0 Å². The van der Waals surface area contributed by atoms with Crippen LogP contribution in [0.2, 0.25) is 0 Å². The van der Waals surface area contributed by atoms with E-state index in [4.69, 9.17) is 0 Å². The Labute approximate surface area is 127 Å². The van der Waals surface area contributed by atoms with Crippen molar-refractivity contribution >= 4 is 5.91 Å². The molecule has 5 heteroatoms. The summed E-state index contributed by atoms with van der Waals surface area (Å²) < 4.78 is 0. The first-order chi connectivity index (χ1) is 10.2. The van der Waals surface area contributed by atoms with Gasteiger partial charge < -0.3 is 15.3 Å². The number of likely N-dealkylation sites (tertiary alicyclic amines) is 2. The number of carbonyl (C=O) groups is 1. The SMILES string of the molecule is CC1CCN(C(=O)C2CCCN2C2CCNCC2)CC1O. The molecule has 3 rings (SSSR count). The van der Waals surface area contributed by atoms with E-state index in [1.54, 1.807) is 0 Å². The Hall–Kier alpha value is -0.650. The Morgan fingerprint density at radius 3 is 2.62 bits per heavy atom. The molecule has 0 aromatic heterocycles. The molecule has 0 spiro atoms. The summed E-state index contributed by atoms with van der Waals surface area (Å²) in [6, 6.07) is 0.630. The molecule has 3 atom stereocenters. The number of hydrogen-bond donors (Lipinski definition) is 2. The molecule has 3 fully saturated rings. The number of nitrogens with zero attached hydrogens (tertiary/aromatic N) is 2. The smallest absolute Gasteiger partial charge is 0.240 e. The van der Waals surface area contributed by atoms with E-state index in [1.807, 2.05) is 4.90 Å². The minimum atomic E-state index is -0.351. The third-order valence-corrected chi connectivity index (χ3v) is 5.59. The van der Waals surface area contributed by atoms with Crippen LogP contribution in [0.1, 0.15) is 39.0 Å². The van der Waals surface area contributed by atoms with Gasteiger partial charge in [-0.15, -0.1) is 0 Å². The van der Waals surface area contributed by atoms with E-state index < -0.39 is 0 Å². The molecule has 1 amide bonds. The number of piperidine rings is 2. The molecule has 0 aromatic carbocycles. The van der Waals surface area contributed by atoms with Gasteiger partial charge in [-0.2, -0.15) is 0 Å². The van der Waals surface area contributed by atoms with Crippen molar-refractivity contribution in [3.8, 4) is 0 Å². The van der Waals surface area contributed by atoms with Crippen molar-refractivity contribution in [2.24, 2.45) is 5.92 Å². The molecule has 3 saturated heterocycles. The van der Waals surface area contributed by atoms with Crippen molar-refractivity contribution in [1.82, 2.24) is 15.1 Å². The van der Waals surface area contributed by atoms with Crippen molar-refractivity contribution in [1.29, 1.82) is 0 Å². The highest BCUT2D eigenvalue weighted by Gasteiger charge is 2.39. The predicted octanol–water partition coefficient (Wildman–Crippen LogP) is 0.432. The summed E-state index contributed by atoms with van der Waals surface area (Å²) in [5.74, 6) is 0.579. The topological polar surface area (TPSA) is 55.8 Å². The summed E-state index contributed by atoms with van der Waals surface area (Å²) in [5, 5.41) is 13.4. The molecule has 0 aromatic rings. The Morgan fingerprint density at radius 1 is 1.14 bits per heavy atom. The van der Waals surface area contributed by atoms with Crippen LogP contribution < -0.4 is 5.32 Å². The van der Waals surface area contributed by atoms with E-state index >= 15 is 0 Å². The maximum atomic E-state index is 12.9. The third kappa shape index (κ3) is 3.25. The number of aliphatic hydroxyl groups is 1. The van der Waals surface area contributed by atoms with Gasteiger partial charge in [0, 0.05) is 19.1 Å². The van der Waals surface area contributed by atoms with Gasteiger partial charge in [0.2, 0.25) is 5.91 Å². The van der Waals surface area contributed by atoms with Gasteiger partial charge in [-0.1, -0.05) is 6.92 Å². The van der Waals surface area contributed by atoms with Gasteiger partial charge in [0.15, 0.2) is 0 Å². The molecule has 120 valence electrons. The Balaban J connectivity index is 1.62. The van der Waals surface area contributed by atoms with Crippen LogP contribution in [0.4, 0.5) is 0 Å². The summed E-state index contributed by atoms with van der Waals surface area (Å²) >= 11 is 0. The van der Waals surface area contributed by atoms with Gasteiger partial charge >= 0.3 is 0 Å². The molecule has 3 aliphatic rings. The molecule has 0 bridgehead atoms. The molecular formula is C16H29N3O2. The van der Waals surface area contributed by atoms with Crippen molar-refractivity contribution < 1.29 is 9.90 Å². The molecule has 0 saturated carbocycles. The fourth-order valence-electron chi connectivity index (χ4n) is 4.09. The zero-order valence-corrected chi connectivity index (χ0v) is 13.1. The van der Waals surface area contributed by atoms with E-state index in [-0.39, 0.29) is 18.1 Å². The number of β-amino-alcohol motifs (C(OH)–C–C–N with tert-alkyl or cyclic N) is 1. The second-order valence-electron chi connectivity index (χ2n) is 6.99. The van der Waals surface area contributed by atoms with Crippen LogP contribution in [-0.2, 0) is 4.79 Å². The molecular weight excluding hydrogens is 266 g/mol. The molecule has 3 heterocycles. The summed E-state index contributed by atoms with van der Waals surface area (Å²) in [5.41, 5.74) is 0. The van der Waals surface area contributed by atoms with Crippen LogP contribution in [0.15, 0.2) is 0 Å². The number of aliphatic hydroxyl groups excluding tert-OH is 1. The summed E-state index contributed by atoms with van der Waals surface area (Å²) in [6.07, 6.45) is 5.01. The van der Waals surface area contributed by atoms with Crippen LogP contribution in [0.25, 0.3) is 0 Å². The van der Waals surface area contributed by atoms with Gasteiger partial charge in [0.1, 0.15) is 0 Å². The van der Waals surface area contributed by atoms with Crippen LogP contribution in [-0.4, -0.2) is 71.7 Å². The average molecular weight is 295 g/mol. The van der Waals surface area contributed by atoms with Crippen molar-refractivity contribution in [3.63, 3.8) is 0 Å². The summed E-state index contributed by atoms with van der Waals surface area (Å²) in [7, 11) is 0. The minimum absolute atomic E-state index is 0.0636. The zero-order valence-electron chi connectivity index (χ0n) is 13.1. The van der Waals surface area contributed by atoms with E-state index in [0.29, 0.717) is 18.5 Å². The maximum Gasteiger partial charge on any atom is 0.240 e. The number of nitrogens with one attached hydrogen (secondary N) is 1. The normalized spacial score (nSPS) is 36.1. The molecule has 0 radical (unpaired) electrons. The largest absolute Gasteiger partial charge is 0.391 e. The van der Waals surface area contributed by atoms with Crippen molar-refractivity contribution in [2.75, 3.05) is 32.7 Å². The summed E-state index contributed by atoms with van der Waals surface area (Å²) in [4.78, 5) is 17.2. The lowest BCUT2D eigenvalue weighted by Crippen LogP contribution is -2.55. The van der Waals surface area contributed by atoms with Gasteiger partial charge in [-0.3, -0.25) is 9.69 Å². The number of hydrogen-bond acceptors (Lipinski definition) is 4. The highest BCUT2D eigenvalue weighted by Crippen LogP contribution is 2.27. The van der Waals surface area contributed by atoms with E-state index in [2.05, 4.69) is 17.1 Å². The lowest BCUT2D eigenvalue weighted by atomic mass is 9.95. The standard InChI is InChI=1S/C16H29N3O2/c1-12-6-10-18(11-15(12)20)16(21)14-3-2-9-19(14)13-4-7-17-8-5-13/h12-15,17,20H,2-11H2,1H3. The number of carbonyl (C=O) groups excluding carboxylic acids is 1. The van der Waals surface area contributed by atoms with Crippen LogP contribution >= 0.6 is 0 Å². The first-order valence-corrected chi connectivity index (χ1v) is 8.60. The number of amides is 1. The quantitative estimate of drug-likeness (QED) is 0.776. The lowest BCUT2D eigenvalue weighted by Gasteiger charge is -2.40. The Bertz CT molecular complexity index is 371. The van der Waals surface area contributed by atoms with Gasteiger partial charge in [0.05, 0.1) is 12.1 Å². The maximum absolute atomic E-state index is 12.9. The first kappa shape index (κ1) is 15.3. The second-order valence-corrected chi connectivity index (χ2v) is 6.99. The Kier molecular flexibility index (Phi) is 4.82. The average Bonchev–Trinajstić information content (AvgIpc) is 2.99. The second kappa shape index (κ2) is 6.63. The lowest BCUT2D eigenvalue weighted by molar-refractivity contribution is -0.141. The first-order valence-electron chi connectivity index (χ1n) is 8.60. The minimum Gasteiger partial charge on any atom is -0.391 e. The molecule has 2 N–H and O–H groups in total. The van der Waals surface area contributed by atoms with Crippen LogP contribution in [0.5, 0.6) is 0 Å². The predicted molar refractivity (Wildman–Crippen MR) is 82.0 cm³/mol. The van der Waals surface area contributed by atoms with Crippen molar-refractivity contribution in [2.45, 2.75) is 57.2 Å². The van der Waals surface area contributed by atoms with Gasteiger partial charge in [-0.05, 0) is 57.7 Å². The van der Waals surface area contributed by atoms with Crippen molar-refractivity contribution in [3.05, 3.63) is 0 Å². The van der Waals surface area contributed by atoms with E-state index in [1.165, 1.54) is 0 Å². The molecule has 5 nitrogen and oxygen atoms in total. The van der Waals surface area contributed by atoms with E-state index in [9.17, 15) is 9.90 Å².